The van der Waals surface area contributed by atoms with Gasteiger partial charge in [-0.3, -0.25) is 14.7 Å². The highest BCUT2D eigenvalue weighted by Gasteiger charge is 2.39. The van der Waals surface area contributed by atoms with Gasteiger partial charge in [0, 0.05) is 43.2 Å². The molecule has 2 saturated heterocycles. The van der Waals surface area contributed by atoms with Crippen molar-refractivity contribution in [2.24, 2.45) is 5.41 Å². The molecule has 32 heavy (non-hydrogen) atoms. The van der Waals surface area contributed by atoms with Gasteiger partial charge >= 0.3 is 0 Å². The lowest BCUT2D eigenvalue weighted by atomic mass is 9.71. The van der Waals surface area contributed by atoms with Crippen molar-refractivity contribution in [1.29, 1.82) is 0 Å². The summed E-state index contributed by atoms with van der Waals surface area (Å²) in [4.78, 5) is 21.4. The standard InChI is InChI=1S/C27H35N3O2/c1-26(2)9-6-21-4-3-5-23(24(21)32-26)20-29-16-10-27(11-17-29)12-18-30(19-13-27)25(31)22-7-14-28-15-8-22/h3-5,7-8,14-15H,6,9-13,16-20H2,1-2H3. The van der Waals surface area contributed by atoms with E-state index in [2.05, 4.69) is 41.9 Å². The van der Waals surface area contributed by atoms with Crippen molar-refractivity contribution in [3.8, 4) is 5.75 Å². The van der Waals surface area contributed by atoms with Gasteiger partial charge in [0.25, 0.3) is 5.91 Å². The van der Waals surface area contributed by atoms with Crippen LogP contribution in [-0.4, -0.2) is 52.5 Å². The topological polar surface area (TPSA) is 45.7 Å². The Balaban J connectivity index is 1.17. The SMILES string of the molecule is CC1(C)CCc2cccc(CN3CCC4(CC3)CCN(C(=O)c3ccncc3)CC4)c2O1. The Morgan fingerprint density at radius 3 is 2.38 bits per heavy atom. The van der Waals surface area contributed by atoms with E-state index in [-0.39, 0.29) is 11.5 Å². The molecule has 1 spiro atoms. The summed E-state index contributed by atoms with van der Waals surface area (Å²) in [5, 5.41) is 0. The van der Waals surface area contributed by atoms with Crippen LogP contribution in [0, 0.1) is 5.41 Å². The molecule has 1 aromatic heterocycles. The third-order valence-corrected chi connectivity index (χ3v) is 7.90. The molecule has 1 aromatic carbocycles. The number of fused-ring (bicyclic) bond motifs is 1. The van der Waals surface area contributed by atoms with Crippen LogP contribution in [0.3, 0.4) is 0 Å². The fraction of sp³-hybridized carbons (Fsp3) is 0.556. The van der Waals surface area contributed by atoms with Crippen LogP contribution >= 0.6 is 0 Å². The number of hydrogen-bond donors (Lipinski definition) is 0. The van der Waals surface area contributed by atoms with E-state index in [0.29, 0.717) is 5.41 Å². The smallest absolute Gasteiger partial charge is 0.253 e. The first kappa shape index (κ1) is 21.4. The van der Waals surface area contributed by atoms with Crippen molar-refractivity contribution in [3.63, 3.8) is 0 Å². The normalized spacial score (nSPS) is 22.2. The predicted octanol–water partition coefficient (Wildman–Crippen LogP) is 4.70. The number of amides is 1. The van der Waals surface area contributed by atoms with Crippen molar-refractivity contribution in [2.75, 3.05) is 26.2 Å². The summed E-state index contributed by atoms with van der Waals surface area (Å²) in [6, 6.07) is 10.3. The van der Waals surface area contributed by atoms with Crippen LogP contribution in [0.1, 0.15) is 67.4 Å². The van der Waals surface area contributed by atoms with Crippen LogP contribution in [0.5, 0.6) is 5.75 Å². The van der Waals surface area contributed by atoms with Crippen molar-refractivity contribution in [1.82, 2.24) is 14.8 Å². The number of nitrogens with zero attached hydrogens (tertiary/aromatic N) is 3. The number of para-hydroxylation sites is 1. The Bertz CT molecular complexity index is 954. The van der Waals surface area contributed by atoms with Crippen molar-refractivity contribution in [2.45, 2.75) is 64.5 Å². The molecule has 0 saturated carbocycles. The Labute approximate surface area is 191 Å². The molecular weight excluding hydrogens is 398 g/mol. The molecule has 0 bridgehead atoms. The quantitative estimate of drug-likeness (QED) is 0.704. The van der Waals surface area contributed by atoms with Gasteiger partial charge in [0.05, 0.1) is 0 Å². The number of pyridine rings is 1. The minimum atomic E-state index is -0.0727. The second-order valence-corrected chi connectivity index (χ2v) is 10.6. The zero-order valence-electron chi connectivity index (χ0n) is 19.5. The summed E-state index contributed by atoms with van der Waals surface area (Å²) >= 11 is 0. The lowest BCUT2D eigenvalue weighted by Gasteiger charge is -2.47. The molecule has 4 heterocycles. The van der Waals surface area contributed by atoms with E-state index in [1.807, 2.05) is 17.0 Å². The van der Waals surface area contributed by atoms with E-state index in [0.717, 1.165) is 69.7 Å². The fourth-order valence-electron chi connectivity index (χ4n) is 5.64. The largest absolute Gasteiger partial charge is 0.487 e. The molecule has 1 amide bonds. The Morgan fingerprint density at radius 2 is 1.66 bits per heavy atom. The van der Waals surface area contributed by atoms with Gasteiger partial charge < -0.3 is 9.64 Å². The van der Waals surface area contributed by atoms with Crippen LogP contribution < -0.4 is 4.74 Å². The van der Waals surface area contributed by atoms with Crippen molar-refractivity contribution < 1.29 is 9.53 Å². The molecular formula is C27H35N3O2. The number of rotatable bonds is 3. The van der Waals surface area contributed by atoms with Gasteiger partial charge in [-0.25, -0.2) is 0 Å². The number of aromatic nitrogens is 1. The molecule has 5 nitrogen and oxygen atoms in total. The third kappa shape index (κ3) is 4.40. The summed E-state index contributed by atoms with van der Waals surface area (Å²) in [7, 11) is 0. The Hall–Kier alpha value is -2.40. The second kappa shape index (κ2) is 8.51. The molecule has 5 rings (SSSR count). The highest BCUT2D eigenvalue weighted by molar-refractivity contribution is 5.94. The number of benzene rings is 1. The summed E-state index contributed by atoms with van der Waals surface area (Å²) in [6.45, 7) is 9.37. The molecule has 170 valence electrons. The van der Waals surface area contributed by atoms with Crippen LogP contribution in [0.25, 0.3) is 0 Å². The van der Waals surface area contributed by atoms with Crippen LogP contribution in [0.15, 0.2) is 42.7 Å². The van der Waals surface area contributed by atoms with E-state index in [9.17, 15) is 4.79 Å². The van der Waals surface area contributed by atoms with Gasteiger partial charge in [0.2, 0.25) is 0 Å². The molecule has 3 aliphatic rings. The number of carbonyl (C=O) groups excluding carboxylic acids is 1. The fourth-order valence-corrected chi connectivity index (χ4v) is 5.64. The van der Waals surface area contributed by atoms with Gasteiger partial charge in [-0.15, -0.1) is 0 Å². The summed E-state index contributed by atoms with van der Waals surface area (Å²) < 4.78 is 6.40. The van der Waals surface area contributed by atoms with Crippen LogP contribution in [0.2, 0.25) is 0 Å². The lowest BCUT2D eigenvalue weighted by molar-refractivity contribution is 0.0277. The first-order valence-corrected chi connectivity index (χ1v) is 12.1. The zero-order valence-corrected chi connectivity index (χ0v) is 19.5. The maximum atomic E-state index is 12.8. The Kier molecular flexibility index (Phi) is 5.70. The Morgan fingerprint density at radius 1 is 0.969 bits per heavy atom. The van der Waals surface area contributed by atoms with Crippen molar-refractivity contribution >= 4 is 5.91 Å². The molecule has 0 unspecified atom stereocenters. The highest BCUT2D eigenvalue weighted by atomic mass is 16.5. The van der Waals surface area contributed by atoms with Gasteiger partial charge in [0.1, 0.15) is 11.4 Å². The summed E-state index contributed by atoms with van der Waals surface area (Å²) in [5.41, 5.74) is 3.78. The molecule has 0 radical (unpaired) electrons. The van der Waals surface area contributed by atoms with E-state index >= 15 is 0 Å². The number of aryl methyl sites for hydroxylation is 1. The van der Waals surface area contributed by atoms with Crippen LogP contribution in [0.4, 0.5) is 0 Å². The lowest BCUT2D eigenvalue weighted by Crippen LogP contribution is -2.48. The highest BCUT2D eigenvalue weighted by Crippen LogP contribution is 2.42. The van der Waals surface area contributed by atoms with Crippen LogP contribution in [-0.2, 0) is 13.0 Å². The number of ether oxygens (including phenoxy) is 1. The van der Waals surface area contributed by atoms with E-state index in [4.69, 9.17) is 4.74 Å². The molecule has 0 atom stereocenters. The van der Waals surface area contributed by atoms with Gasteiger partial charge in [-0.2, -0.15) is 0 Å². The minimum absolute atomic E-state index is 0.0727. The zero-order chi connectivity index (χ0) is 22.2. The molecule has 0 N–H and O–H groups in total. The summed E-state index contributed by atoms with van der Waals surface area (Å²) in [5.74, 6) is 1.28. The van der Waals surface area contributed by atoms with Gasteiger partial charge in [-0.05, 0) is 88.6 Å². The average molecular weight is 434 g/mol. The molecule has 5 heteroatoms. The molecule has 2 fully saturated rings. The maximum absolute atomic E-state index is 12.8. The maximum Gasteiger partial charge on any atom is 0.253 e. The van der Waals surface area contributed by atoms with Gasteiger partial charge in [0.15, 0.2) is 0 Å². The summed E-state index contributed by atoms with van der Waals surface area (Å²) in [6.07, 6.45) is 10.3. The molecule has 3 aliphatic heterocycles. The predicted molar refractivity (Wildman–Crippen MR) is 126 cm³/mol. The number of carbonyl (C=O) groups is 1. The van der Waals surface area contributed by atoms with E-state index in [1.54, 1.807) is 12.4 Å². The molecule has 0 aliphatic carbocycles. The van der Waals surface area contributed by atoms with Crippen molar-refractivity contribution in [3.05, 3.63) is 59.4 Å². The average Bonchev–Trinajstić information content (AvgIpc) is 2.81. The van der Waals surface area contributed by atoms with Gasteiger partial charge in [-0.1, -0.05) is 18.2 Å². The minimum Gasteiger partial charge on any atom is -0.487 e. The third-order valence-electron chi connectivity index (χ3n) is 7.90. The monoisotopic (exact) mass is 433 g/mol. The number of hydrogen-bond acceptors (Lipinski definition) is 4. The molecule has 2 aromatic rings. The second-order valence-electron chi connectivity index (χ2n) is 10.6. The number of likely N-dealkylation sites (tertiary alicyclic amines) is 2. The first-order chi connectivity index (χ1) is 15.4. The first-order valence-electron chi connectivity index (χ1n) is 12.1. The van der Waals surface area contributed by atoms with E-state index < -0.39 is 0 Å². The number of piperidine rings is 2. The van der Waals surface area contributed by atoms with E-state index in [1.165, 1.54) is 24.0 Å².